The summed E-state index contributed by atoms with van der Waals surface area (Å²) in [4.78, 5) is 9.80. The second-order valence-corrected chi connectivity index (χ2v) is 11.6. The number of benzene rings is 6. The number of imidazole rings is 1. The lowest BCUT2D eigenvalue weighted by Crippen LogP contribution is -1.98. The van der Waals surface area contributed by atoms with Gasteiger partial charge in [0, 0.05) is 28.1 Å². The number of nitrogens with zero attached hydrogens (tertiary/aromatic N) is 3. The number of fused-ring (bicyclic) bond motifs is 4. The molecule has 0 aliphatic rings. The Morgan fingerprint density at radius 2 is 1.35 bits per heavy atom. The molecular weight excluding hydrogens is 594 g/mol. The van der Waals surface area contributed by atoms with Gasteiger partial charge in [-0.1, -0.05) is 84.9 Å². The Balaban J connectivity index is 1.27. The van der Waals surface area contributed by atoms with Crippen LogP contribution >= 0.6 is 0 Å². The Kier molecular flexibility index (Phi) is 6.50. The number of furan rings is 1. The Bertz CT molecular complexity index is 2530. The van der Waals surface area contributed by atoms with E-state index in [9.17, 15) is 5.11 Å². The van der Waals surface area contributed by atoms with Crippen molar-refractivity contribution in [3.05, 3.63) is 158 Å². The molecule has 0 saturated heterocycles. The minimum atomic E-state index is -0.0380. The summed E-state index contributed by atoms with van der Waals surface area (Å²) in [7, 11) is 0. The fourth-order valence-corrected chi connectivity index (χ4v) is 6.41. The highest BCUT2D eigenvalue weighted by Crippen LogP contribution is 2.44. The molecule has 0 radical (unpaired) electrons. The molecule has 0 fully saturated rings. The standard InChI is InChI=1S/C42H27N3O3/c46-37-22-21-34-33-16-7-8-20-38(33)47-40(34)41(37)48-42-44-39-32(17-11-19-36(39)45(42)31-14-5-2-6-15-31)29-24-28(27-12-3-1-4-13-27)25-30(26-29)35-18-9-10-23-43-35/h1-26,46H. The van der Waals surface area contributed by atoms with Crippen LogP contribution in [0.3, 0.4) is 0 Å². The molecule has 0 aliphatic carbocycles. The summed E-state index contributed by atoms with van der Waals surface area (Å²) in [6.07, 6.45) is 1.81. The first-order chi connectivity index (χ1) is 23.7. The zero-order valence-electron chi connectivity index (χ0n) is 25.6. The zero-order valence-corrected chi connectivity index (χ0v) is 25.6. The number of para-hydroxylation sites is 3. The maximum absolute atomic E-state index is 11.1. The highest BCUT2D eigenvalue weighted by atomic mass is 16.5. The minimum Gasteiger partial charge on any atom is -0.504 e. The number of hydrogen-bond donors (Lipinski definition) is 1. The smallest absolute Gasteiger partial charge is 0.307 e. The Morgan fingerprint density at radius 1 is 0.604 bits per heavy atom. The second kappa shape index (κ2) is 11.3. The third-order valence-electron chi connectivity index (χ3n) is 8.65. The van der Waals surface area contributed by atoms with Gasteiger partial charge in [-0.15, -0.1) is 0 Å². The van der Waals surface area contributed by atoms with E-state index in [4.69, 9.17) is 14.1 Å². The summed E-state index contributed by atoms with van der Waals surface area (Å²) < 4.78 is 14.8. The quantitative estimate of drug-likeness (QED) is 0.200. The molecular formula is C42H27N3O3. The summed E-state index contributed by atoms with van der Waals surface area (Å²) in [6.45, 7) is 0. The third-order valence-corrected chi connectivity index (χ3v) is 8.65. The van der Waals surface area contributed by atoms with Gasteiger partial charge in [-0.25, -0.2) is 0 Å². The summed E-state index contributed by atoms with van der Waals surface area (Å²) in [5.74, 6) is 0.172. The van der Waals surface area contributed by atoms with Crippen molar-refractivity contribution in [1.29, 1.82) is 0 Å². The van der Waals surface area contributed by atoms with Gasteiger partial charge < -0.3 is 14.3 Å². The van der Waals surface area contributed by atoms with Crippen LogP contribution in [0.2, 0.25) is 0 Å². The van der Waals surface area contributed by atoms with Crippen molar-refractivity contribution in [2.24, 2.45) is 0 Å². The summed E-state index contributed by atoms with van der Waals surface area (Å²) in [5, 5.41) is 12.9. The van der Waals surface area contributed by atoms with Crippen LogP contribution < -0.4 is 4.74 Å². The van der Waals surface area contributed by atoms with Crippen molar-refractivity contribution in [3.8, 4) is 56.7 Å². The van der Waals surface area contributed by atoms with E-state index >= 15 is 0 Å². The SMILES string of the molecule is Oc1ccc2c(oc3ccccc32)c1Oc1nc2c(-c3cc(-c4ccccc4)cc(-c4ccccn4)c3)cccc2n1-c1ccccc1. The maximum atomic E-state index is 11.1. The van der Waals surface area contributed by atoms with Gasteiger partial charge in [-0.05, 0) is 83.4 Å². The van der Waals surface area contributed by atoms with Crippen molar-refractivity contribution in [2.75, 3.05) is 0 Å². The van der Waals surface area contributed by atoms with E-state index in [1.54, 1.807) is 6.07 Å². The predicted molar refractivity (Wildman–Crippen MR) is 191 cm³/mol. The van der Waals surface area contributed by atoms with Gasteiger partial charge in [0.2, 0.25) is 5.75 Å². The van der Waals surface area contributed by atoms with Crippen LogP contribution in [-0.4, -0.2) is 19.6 Å². The first kappa shape index (κ1) is 27.6. The van der Waals surface area contributed by atoms with Crippen LogP contribution in [-0.2, 0) is 0 Å². The number of rotatable bonds is 6. The van der Waals surface area contributed by atoms with E-state index in [1.165, 1.54) is 0 Å². The van der Waals surface area contributed by atoms with E-state index in [2.05, 4.69) is 41.4 Å². The number of aromatic nitrogens is 3. The molecule has 48 heavy (non-hydrogen) atoms. The molecule has 0 saturated carbocycles. The van der Waals surface area contributed by atoms with Crippen LogP contribution in [0, 0.1) is 0 Å². The van der Waals surface area contributed by atoms with Crippen LogP contribution in [0.15, 0.2) is 162 Å². The lowest BCUT2D eigenvalue weighted by Gasteiger charge is -2.12. The summed E-state index contributed by atoms with van der Waals surface area (Å²) >= 11 is 0. The molecule has 9 rings (SSSR count). The molecule has 9 aromatic rings. The lowest BCUT2D eigenvalue weighted by molar-refractivity contribution is 0.388. The fraction of sp³-hybridized carbons (Fsp3) is 0. The van der Waals surface area contributed by atoms with E-state index in [1.807, 2.05) is 120 Å². The molecule has 0 atom stereocenters. The topological polar surface area (TPSA) is 73.3 Å². The number of aromatic hydroxyl groups is 1. The molecule has 0 spiro atoms. The van der Waals surface area contributed by atoms with E-state index in [-0.39, 0.29) is 11.5 Å². The number of hydrogen-bond acceptors (Lipinski definition) is 5. The normalized spacial score (nSPS) is 11.4. The molecule has 1 N–H and O–H groups in total. The summed E-state index contributed by atoms with van der Waals surface area (Å²) in [5.41, 5.74) is 9.66. The lowest BCUT2D eigenvalue weighted by atomic mass is 9.94. The highest BCUT2D eigenvalue weighted by Gasteiger charge is 2.23. The first-order valence-electron chi connectivity index (χ1n) is 15.7. The predicted octanol–water partition coefficient (Wildman–Crippen LogP) is 10.8. The van der Waals surface area contributed by atoms with Crippen molar-refractivity contribution in [1.82, 2.24) is 14.5 Å². The van der Waals surface area contributed by atoms with Gasteiger partial charge in [-0.3, -0.25) is 9.55 Å². The average molecular weight is 622 g/mol. The minimum absolute atomic E-state index is 0.0380. The fourth-order valence-electron chi connectivity index (χ4n) is 6.41. The number of pyridine rings is 1. The van der Waals surface area contributed by atoms with Crippen molar-refractivity contribution < 1.29 is 14.3 Å². The zero-order chi connectivity index (χ0) is 32.0. The molecule has 0 unspecified atom stereocenters. The Morgan fingerprint density at radius 3 is 2.19 bits per heavy atom. The van der Waals surface area contributed by atoms with Gasteiger partial charge in [0.15, 0.2) is 11.3 Å². The second-order valence-electron chi connectivity index (χ2n) is 11.6. The Labute approximate surface area is 275 Å². The highest BCUT2D eigenvalue weighted by molar-refractivity contribution is 6.07. The van der Waals surface area contributed by atoms with Gasteiger partial charge >= 0.3 is 6.01 Å². The van der Waals surface area contributed by atoms with E-state index in [0.29, 0.717) is 17.2 Å². The average Bonchev–Trinajstić information content (AvgIpc) is 3.72. The molecule has 3 heterocycles. The molecule has 3 aromatic heterocycles. The van der Waals surface area contributed by atoms with Crippen molar-refractivity contribution >= 4 is 33.0 Å². The van der Waals surface area contributed by atoms with Crippen LogP contribution in [0.4, 0.5) is 0 Å². The van der Waals surface area contributed by atoms with Crippen LogP contribution in [0.25, 0.3) is 72.2 Å². The van der Waals surface area contributed by atoms with Crippen molar-refractivity contribution in [2.45, 2.75) is 0 Å². The maximum Gasteiger partial charge on any atom is 0.307 e. The van der Waals surface area contributed by atoms with E-state index in [0.717, 1.165) is 61.0 Å². The molecule has 6 aromatic carbocycles. The summed E-state index contributed by atoms with van der Waals surface area (Å²) in [6, 6.07) is 50.5. The third kappa shape index (κ3) is 4.66. The molecule has 0 amide bonds. The van der Waals surface area contributed by atoms with Gasteiger partial charge in [0.05, 0.1) is 16.9 Å². The van der Waals surface area contributed by atoms with Crippen LogP contribution in [0.5, 0.6) is 17.5 Å². The monoisotopic (exact) mass is 621 g/mol. The largest absolute Gasteiger partial charge is 0.504 e. The number of phenols is 1. The molecule has 6 heteroatoms. The molecule has 6 nitrogen and oxygen atoms in total. The Hall–Kier alpha value is -6.66. The van der Waals surface area contributed by atoms with Gasteiger partial charge in [-0.2, -0.15) is 4.98 Å². The van der Waals surface area contributed by atoms with Crippen LogP contribution in [0.1, 0.15) is 0 Å². The van der Waals surface area contributed by atoms with Crippen molar-refractivity contribution in [3.63, 3.8) is 0 Å². The molecule has 228 valence electrons. The molecule has 0 bridgehead atoms. The van der Waals surface area contributed by atoms with E-state index < -0.39 is 0 Å². The first-order valence-corrected chi connectivity index (χ1v) is 15.7. The number of phenolic OH excluding ortho intramolecular Hbond substituents is 1. The number of ether oxygens (including phenoxy) is 1. The molecule has 0 aliphatic heterocycles. The van der Waals surface area contributed by atoms with Gasteiger partial charge in [0.25, 0.3) is 0 Å². The van der Waals surface area contributed by atoms with Gasteiger partial charge in [0.1, 0.15) is 11.1 Å².